The summed E-state index contributed by atoms with van der Waals surface area (Å²) in [6.45, 7) is 4.22. The number of nitriles is 2. The molecule has 8 heteroatoms. The second-order valence-electron chi connectivity index (χ2n) is 7.40. The van der Waals surface area contributed by atoms with E-state index >= 15 is 0 Å². The van der Waals surface area contributed by atoms with Crippen molar-refractivity contribution >= 4 is 45.2 Å². The van der Waals surface area contributed by atoms with E-state index in [2.05, 4.69) is 27.3 Å². The Bertz CT molecular complexity index is 1370. The van der Waals surface area contributed by atoms with E-state index in [4.69, 9.17) is 21.1 Å². The van der Waals surface area contributed by atoms with Gasteiger partial charge in [0.2, 0.25) is 0 Å². The lowest BCUT2D eigenvalue weighted by atomic mass is 10.1. The number of carbonyl (C=O) groups excluding carboxylic acids is 1. The van der Waals surface area contributed by atoms with Crippen molar-refractivity contribution < 1.29 is 14.3 Å². The lowest BCUT2D eigenvalue weighted by Crippen LogP contribution is -2.14. The van der Waals surface area contributed by atoms with Crippen LogP contribution in [0.25, 0.3) is 6.08 Å². The minimum Gasteiger partial charge on any atom is -0.490 e. The van der Waals surface area contributed by atoms with Gasteiger partial charge in [-0.3, -0.25) is 4.79 Å². The molecule has 6 nitrogen and oxygen atoms in total. The van der Waals surface area contributed by atoms with Crippen molar-refractivity contribution in [2.75, 3.05) is 11.9 Å². The number of nitrogens with zero attached hydrogens (tertiary/aromatic N) is 2. The Labute approximate surface area is 217 Å². The Balaban J connectivity index is 1.88. The van der Waals surface area contributed by atoms with Crippen molar-refractivity contribution in [1.29, 1.82) is 10.5 Å². The molecule has 0 heterocycles. The molecule has 0 saturated heterocycles. The highest BCUT2D eigenvalue weighted by Gasteiger charge is 2.16. The molecular formula is C27H21BrClN3O3. The minimum absolute atomic E-state index is 0.0876. The molecule has 0 aromatic heterocycles. The fourth-order valence-electron chi connectivity index (χ4n) is 3.21. The molecule has 0 unspecified atom stereocenters. The molecule has 0 aliphatic rings. The van der Waals surface area contributed by atoms with Crippen molar-refractivity contribution in [3.05, 3.63) is 91.9 Å². The summed E-state index contributed by atoms with van der Waals surface area (Å²) >= 11 is 9.53. The van der Waals surface area contributed by atoms with Crippen LogP contribution in [0.2, 0.25) is 5.02 Å². The molecule has 0 aliphatic heterocycles. The van der Waals surface area contributed by atoms with Gasteiger partial charge in [0.05, 0.1) is 22.7 Å². The summed E-state index contributed by atoms with van der Waals surface area (Å²) in [7, 11) is 0. The fraction of sp³-hybridized carbons (Fsp3) is 0.148. The number of rotatable bonds is 8. The fourth-order valence-corrected chi connectivity index (χ4v) is 3.96. The summed E-state index contributed by atoms with van der Waals surface area (Å²) in [5.41, 5.74) is 3.10. The highest BCUT2D eigenvalue weighted by atomic mass is 79.9. The predicted molar refractivity (Wildman–Crippen MR) is 139 cm³/mol. The van der Waals surface area contributed by atoms with Crippen LogP contribution in [0.1, 0.15) is 29.2 Å². The first kappa shape index (κ1) is 25.8. The van der Waals surface area contributed by atoms with E-state index in [1.807, 2.05) is 32.0 Å². The molecule has 0 aliphatic carbocycles. The number of ether oxygens (including phenoxy) is 2. The van der Waals surface area contributed by atoms with Gasteiger partial charge >= 0.3 is 0 Å². The molecule has 0 spiro atoms. The Kier molecular flexibility index (Phi) is 8.92. The van der Waals surface area contributed by atoms with Crippen LogP contribution in [-0.2, 0) is 11.4 Å². The average Bonchev–Trinajstić information content (AvgIpc) is 2.84. The molecule has 3 rings (SSSR count). The molecule has 0 saturated carbocycles. The number of carbonyl (C=O) groups is 1. The number of halogens is 2. The lowest BCUT2D eigenvalue weighted by molar-refractivity contribution is -0.112. The zero-order chi connectivity index (χ0) is 25.4. The molecule has 176 valence electrons. The van der Waals surface area contributed by atoms with Gasteiger partial charge in [-0.1, -0.05) is 35.9 Å². The molecule has 0 atom stereocenters. The summed E-state index contributed by atoms with van der Waals surface area (Å²) in [6, 6.07) is 19.8. The number of nitrogens with one attached hydrogen (secondary N) is 1. The van der Waals surface area contributed by atoms with Gasteiger partial charge in [0, 0.05) is 16.3 Å². The Morgan fingerprint density at radius 3 is 2.63 bits per heavy atom. The van der Waals surface area contributed by atoms with Crippen LogP contribution in [0.3, 0.4) is 0 Å². The first-order valence-electron chi connectivity index (χ1n) is 10.6. The largest absolute Gasteiger partial charge is 0.490 e. The van der Waals surface area contributed by atoms with Gasteiger partial charge in [-0.2, -0.15) is 10.5 Å². The topological polar surface area (TPSA) is 95.1 Å². The minimum atomic E-state index is -0.555. The van der Waals surface area contributed by atoms with Crippen molar-refractivity contribution in [2.24, 2.45) is 0 Å². The van der Waals surface area contributed by atoms with Gasteiger partial charge in [0.15, 0.2) is 11.5 Å². The summed E-state index contributed by atoms with van der Waals surface area (Å²) in [4.78, 5) is 12.8. The zero-order valence-electron chi connectivity index (χ0n) is 19.1. The molecule has 35 heavy (non-hydrogen) atoms. The molecule has 0 fully saturated rings. The Morgan fingerprint density at radius 1 is 1.14 bits per heavy atom. The second-order valence-corrected chi connectivity index (χ2v) is 8.69. The van der Waals surface area contributed by atoms with Gasteiger partial charge in [-0.05, 0) is 77.3 Å². The standard InChI is InChI=1S/C27H21BrClN3O3/c1-3-34-25-12-18(10-21(15-31)27(33)32-24-13-22(29)9-8-17(24)2)11-23(28)26(25)35-16-20-7-5-4-6-19(20)14-30/h4-13H,3,16H2,1-2H3,(H,32,33)/b21-10+. The third kappa shape index (κ3) is 6.64. The maximum absolute atomic E-state index is 12.8. The van der Waals surface area contributed by atoms with Crippen LogP contribution in [0.5, 0.6) is 11.5 Å². The van der Waals surface area contributed by atoms with Crippen LogP contribution in [0, 0.1) is 29.6 Å². The van der Waals surface area contributed by atoms with Crippen LogP contribution in [0.4, 0.5) is 5.69 Å². The number of hydrogen-bond donors (Lipinski definition) is 1. The van der Waals surface area contributed by atoms with Crippen molar-refractivity contribution in [1.82, 2.24) is 0 Å². The van der Waals surface area contributed by atoms with Gasteiger partial charge in [-0.15, -0.1) is 0 Å². The third-order valence-corrected chi connectivity index (χ3v) is 5.79. The van der Waals surface area contributed by atoms with Gasteiger partial charge in [-0.25, -0.2) is 0 Å². The first-order chi connectivity index (χ1) is 16.9. The van der Waals surface area contributed by atoms with Crippen LogP contribution in [0.15, 0.2) is 64.6 Å². The van der Waals surface area contributed by atoms with E-state index in [0.717, 1.165) is 11.1 Å². The van der Waals surface area contributed by atoms with E-state index in [1.54, 1.807) is 42.5 Å². The summed E-state index contributed by atoms with van der Waals surface area (Å²) in [6.07, 6.45) is 1.47. The Hall–Kier alpha value is -3.78. The highest BCUT2D eigenvalue weighted by Crippen LogP contribution is 2.38. The molecular weight excluding hydrogens is 530 g/mol. The average molecular weight is 551 g/mol. The number of hydrogen-bond acceptors (Lipinski definition) is 5. The molecule has 3 aromatic rings. The van der Waals surface area contributed by atoms with E-state index in [9.17, 15) is 15.3 Å². The Morgan fingerprint density at radius 2 is 1.91 bits per heavy atom. The van der Waals surface area contributed by atoms with Crippen LogP contribution < -0.4 is 14.8 Å². The van der Waals surface area contributed by atoms with Gasteiger partial charge in [0.25, 0.3) is 5.91 Å². The van der Waals surface area contributed by atoms with Crippen LogP contribution >= 0.6 is 27.5 Å². The van der Waals surface area contributed by atoms with E-state index in [0.29, 0.717) is 44.4 Å². The predicted octanol–water partition coefficient (Wildman–Crippen LogP) is 6.81. The summed E-state index contributed by atoms with van der Waals surface area (Å²) < 4.78 is 12.3. The number of anilines is 1. The maximum atomic E-state index is 12.8. The summed E-state index contributed by atoms with van der Waals surface area (Å²) in [5, 5.41) is 22.1. The molecule has 3 aromatic carbocycles. The normalized spacial score (nSPS) is 10.7. The second kappa shape index (κ2) is 12.1. The summed E-state index contributed by atoms with van der Waals surface area (Å²) in [5.74, 6) is 0.334. The maximum Gasteiger partial charge on any atom is 0.266 e. The van der Waals surface area contributed by atoms with E-state index in [1.165, 1.54) is 6.08 Å². The van der Waals surface area contributed by atoms with E-state index in [-0.39, 0.29) is 12.2 Å². The first-order valence-corrected chi connectivity index (χ1v) is 11.8. The molecule has 0 radical (unpaired) electrons. The van der Waals surface area contributed by atoms with Crippen LogP contribution in [-0.4, -0.2) is 12.5 Å². The number of amides is 1. The van der Waals surface area contributed by atoms with E-state index < -0.39 is 5.91 Å². The molecule has 1 N–H and O–H groups in total. The molecule has 0 bridgehead atoms. The highest BCUT2D eigenvalue weighted by molar-refractivity contribution is 9.10. The monoisotopic (exact) mass is 549 g/mol. The smallest absolute Gasteiger partial charge is 0.266 e. The van der Waals surface area contributed by atoms with Gasteiger partial charge < -0.3 is 14.8 Å². The van der Waals surface area contributed by atoms with Crippen molar-refractivity contribution in [3.63, 3.8) is 0 Å². The quantitative estimate of drug-likeness (QED) is 0.246. The van der Waals surface area contributed by atoms with Crippen molar-refractivity contribution in [2.45, 2.75) is 20.5 Å². The zero-order valence-corrected chi connectivity index (χ0v) is 21.4. The van der Waals surface area contributed by atoms with Crippen molar-refractivity contribution in [3.8, 4) is 23.6 Å². The molecule has 1 amide bonds. The van der Waals surface area contributed by atoms with Gasteiger partial charge in [0.1, 0.15) is 18.2 Å². The number of aryl methyl sites for hydroxylation is 1. The third-order valence-electron chi connectivity index (χ3n) is 4.97. The number of benzene rings is 3. The SMILES string of the molecule is CCOc1cc(/C=C(\C#N)C(=O)Nc2cc(Cl)ccc2C)cc(Br)c1OCc1ccccc1C#N. The lowest BCUT2D eigenvalue weighted by Gasteiger charge is -2.15.